The molecule has 228 valence electrons. The molecule has 45 heavy (non-hydrogen) atoms. The van der Waals surface area contributed by atoms with Gasteiger partial charge in [0.25, 0.3) is 5.69 Å². The van der Waals surface area contributed by atoms with Gasteiger partial charge in [0, 0.05) is 35.4 Å². The van der Waals surface area contributed by atoms with E-state index in [1.54, 1.807) is 26.5 Å². The van der Waals surface area contributed by atoms with Crippen molar-refractivity contribution in [3.8, 4) is 28.7 Å². The van der Waals surface area contributed by atoms with Crippen LogP contribution in [-0.2, 0) is 0 Å². The maximum absolute atomic E-state index is 11.7. The number of hydrogen-bond acceptors (Lipinski definition) is 7. The van der Waals surface area contributed by atoms with E-state index in [2.05, 4.69) is 21.3 Å². The maximum atomic E-state index is 11.7. The van der Waals surface area contributed by atoms with Crippen LogP contribution in [0.15, 0.2) is 97.2 Å². The number of methoxy groups -OCH3 is 2. The molecule has 3 heterocycles. The molecule has 0 bridgehead atoms. The first kappa shape index (κ1) is 29.6. The van der Waals surface area contributed by atoms with E-state index < -0.39 is 4.92 Å². The van der Waals surface area contributed by atoms with Crippen molar-refractivity contribution < 1.29 is 19.1 Å². The normalized spacial score (nSPS) is 15.9. The molecule has 6 rings (SSSR count). The molecule has 2 aromatic heterocycles. The lowest BCUT2D eigenvalue weighted by atomic mass is 9.96. The summed E-state index contributed by atoms with van der Waals surface area (Å²) < 4.78 is 18.9. The monoisotopic (exact) mass is 621 g/mol. The number of nitro groups is 1. The largest absolute Gasteiger partial charge is 0.497 e. The van der Waals surface area contributed by atoms with Crippen LogP contribution in [0, 0.1) is 24.0 Å². The molecule has 3 aromatic carbocycles. The summed E-state index contributed by atoms with van der Waals surface area (Å²) in [6.07, 6.45) is 1.77. The molecule has 10 nitrogen and oxygen atoms in total. The van der Waals surface area contributed by atoms with E-state index in [9.17, 15) is 10.1 Å². The summed E-state index contributed by atoms with van der Waals surface area (Å²) in [4.78, 5) is 18.0. The number of non-ortho nitro benzene ring substituents is 1. The second-order valence-electron chi connectivity index (χ2n) is 10.5. The second kappa shape index (κ2) is 12.3. The zero-order valence-electron chi connectivity index (χ0n) is 25.1. The predicted octanol–water partition coefficient (Wildman–Crippen LogP) is 7.38. The van der Waals surface area contributed by atoms with Gasteiger partial charge in [-0.25, -0.2) is 0 Å². The van der Waals surface area contributed by atoms with Crippen LogP contribution in [0.4, 0.5) is 11.4 Å². The standard InChI is InChI=1S/C34H31N5O5S/c1-21-19-28(22(2)37(21)30-20-24(39(40)41)10-17-31(30)43-4)33-32(29-7-5-6-18-35-29)36-34(45)38(33)23-8-11-26(12-9-23)44-27-15-13-25(42-3)14-16-27/h5-20,32-33H,1-4H3,(H,36,45)/t32-,33-/m1/s1. The summed E-state index contributed by atoms with van der Waals surface area (Å²) in [7, 11) is 3.18. The third-order valence-electron chi connectivity index (χ3n) is 7.91. The van der Waals surface area contributed by atoms with Crippen LogP contribution in [0.2, 0.25) is 0 Å². The number of aromatic nitrogens is 2. The quantitative estimate of drug-likeness (QED) is 0.103. The molecule has 5 aromatic rings. The molecule has 1 aliphatic heterocycles. The molecule has 1 fully saturated rings. The van der Waals surface area contributed by atoms with E-state index >= 15 is 0 Å². The fraction of sp³-hybridized carbons (Fsp3) is 0.176. The van der Waals surface area contributed by atoms with Crippen molar-refractivity contribution in [2.45, 2.75) is 25.9 Å². The number of nitrogens with one attached hydrogen (secondary N) is 1. The van der Waals surface area contributed by atoms with Gasteiger partial charge in [-0.2, -0.15) is 0 Å². The molecule has 0 aliphatic carbocycles. The van der Waals surface area contributed by atoms with Crippen molar-refractivity contribution in [3.63, 3.8) is 0 Å². The smallest absolute Gasteiger partial charge is 0.271 e. The number of ether oxygens (including phenoxy) is 3. The van der Waals surface area contributed by atoms with Crippen molar-refractivity contribution in [1.29, 1.82) is 0 Å². The van der Waals surface area contributed by atoms with E-state index in [-0.39, 0.29) is 17.8 Å². The Balaban J connectivity index is 1.42. The molecule has 2 atom stereocenters. The van der Waals surface area contributed by atoms with Gasteiger partial charge in [-0.3, -0.25) is 15.1 Å². The van der Waals surface area contributed by atoms with Gasteiger partial charge < -0.3 is 29.0 Å². The number of nitro benzene ring substituents is 1. The predicted molar refractivity (Wildman–Crippen MR) is 176 cm³/mol. The summed E-state index contributed by atoms with van der Waals surface area (Å²) in [5, 5.41) is 15.7. The van der Waals surface area contributed by atoms with Gasteiger partial charge in [-0.1, -0.05) is 6.07 Å². The Morgan fingerprint density at radius 3 is 2.20 bits per heavy atom. The highest BCUT2D eigenvalue weighted by atomic mass is 32.1. The number of anilines is 1. The van der Waals surface area contributed by atoms with Gasteiger partial charge in [0.2, 0.25) is 0 Å². The molecule has 0 amide bonds. The number of aryl methyl sites for hydroxylation is 1. The Hall–Kier alpha value is -5.42. The first-order chi connectivity index (χ1) is 21.8. The highest BCUT2D eigenvalue weighted by Crippen LogP contribution is 2.45. The van der Waals surface area contributed by atoms with Crippen LogP contribution < -0.4 is 24.4 Å². The average Bonchev–Trinajstić information content (AvgIpc) is 3.56. The van der Waals surface area contributed by atoms with Crippen LogP contribution >= 0.6 is 12.2 Å². The molecule has 1 aliphatic rings. The highest BCUT2D eigenvalue weighted by molar-refractivity contribution is 7.80. The fourth-order valence-electron chi connectivity index (χ4n) is 5.83. The van der Waals surface area contributed by atoms with Crippen molar-refractivity contribution in [1.82, 2.24) is 14.9 Å². The highest BCUT2D eigenvalue weighted by Gasteiger charge is 2.42. The number of benzene rings is 3. The first-order valence-electron chi connectivity index (χ1n) is 14.2. The molecule has 0 radical (unpaired) electrons. The van der Waals surface area contributed by atoms with Gasteiger partial charge in [-0.05, 0) is 104 Å². The van der Waals surface area contributed by atoms with Crippen LogP contribution in [-0.4, -0.2) is 33.8 Å². The van der Waals surface area contributed by atoms with E-state index in [0.717, 1.165) is 34.1 Å². The second-order valence-corrected chi connectivity index (χ2v) is 10.9. The van der Waals surface area contributed by atoms with Crippen LogP contribution in [0.1, 0.15) is 34.7 Å². The Labute approximate surface area is 266 Å². The number of thiocarbonyl (C=S) groups is 1. The number of pyridine rings is 1. The van der Waals surface area contributed by atoms with E-state index in [1.165, 1.54) is 12.1 Å². The third-order valence-corrected chi connectivity index (χ3v) is 8.23. The first-order valence-corrected chi connectivity index (χ1v) is 14.6. The summed E-state index contributed by atoms with van der Waals surface area (Å²) >= 11 is 5.94. The third kappa shape index (κ3) is 5.65. The molecule has 1 saturated heterocycles. The zero-order chi connectivity index (χ0) is 31.7. The van der Waals surface area contributed by atoms with Crippen molar-refractivity contribution >= 4 is 28.7 Å². The minimum Gasteiger partial charge on any atom is -0.497 e. The maximum Gasteiger partial charge on any atom is 0.271 e. The van der Waals surface area contributed by atoms with Gasteiger partial charge in [0.05, 0.1) is 42.6 Å². The van der Waals surface area contributed by atoms with Crippen LogP contribution in [0.25, 0.3) is 5.69 Å². The minimum absolute atomic E-state index is 0.0199. The van der Waals surface area contributed by atoms with Crippen molar-refractivity contribution in [2.24, 2.45) is 0 Å². The lowest BCUT2D eigenvalue weighted by molar-refractivity contribution is -0.384. The topological polar surface area (TPSA) is 104 Å². The fourth-order valence-corrected chi connectivity index (χ4v) is 6.17. The molecule has 0 unspecified atom stereocenters. The van der Waals surface area contributed by atoms with Crippen molar-refractivity contribution in [3.05, 3.63) is 130 Å². The molecule has 1 N–H and O–H groups in total. The Morgan fingerprint density at radius 2 is 1.58 bits per heavy atom. The van der Waals surface area contributed by atoms with Gasteiger partial charge in [0.15, 0.2) is 5.11 Å². The zero-order valence-corrected chi connectivity index (χ0v) is 25.9. The van der Waals surface area contributed by atoms with Gasteiger partial charge in [0.1, 0.15) is 23.0 Å². The average molecular weight is 622 g/mol. The number of nitrogens with zero attached hydrogens (tertiary/aromatic N) is 4. The Kier molecular flexibility index (Phi) is 8.10. The Bertz CT molecular complexity index is 1860. The number of rotatable bonds is 9. The number of hydrogen-bond donors (Lipinski definition) is 1. The summed E-state index contributed by atoms with van der Waals surface area (Å²) in [5.41, 5.74) is 5.05. The van der Waals surface area contributed by atoms with Gasteiger partial charge in [-0.15, -0.1) is 0 Å². The lowest BCUT2D eigenvalue weighted by Gasteiger charge is -2.28. The Morgan fingerprint density at radius 1 is 0.889 bits per heavy atom. The van der Waals surface area contributed by atoms with Crippen LogP contribution in [0.3, 0.4) is 0 Å². The van der Waals surface area contributed by atoms with Crippen LogP contribution in [0.5, 0.6) is 23.0 Å². The molecular formula is C34H31N5O5S. The van der Waals surface area contributed by atoms with Gasteiger partial charge >= 0.3 is 0 Å². The lowest BCUT2D eigenvalue weighted by Crippen LogP contribution is -2.29. The SMILES string of the molecule is COc1ccc(Oc2ccc(N3C(=S)N[C@H](c4ccccn4)[C@H]3c3cc(C)n(-c4cc([N+](=O)[O-])ccc4OC)c3C)cc2)cc1. The summed E-state index contributed by atoms with van der Waals surface area (Å²) in [6.45, 7) is 3.97. The summed E-state index contributed by atoms with van der Waals surface area (Å²) in [6, 6.07) is 27.1. The van der Waals surface area contributed by atoms with E-state index in [1.807, 2.05) is 85.1 Å². The minimum atomic E-state index is -0.405. The van der Waals surface area contributed by atoms with Crippen molar-refractivity contribution in [2.75, 3.05) is 19.1 Å². The molecule has 0 saturated carbocycles. The molecular weight excluding hydrogens is 590 g/mol. The molecule has 0 spiro atoms. The van der Waals surface area contributed by atoms with E-state index in [0.29, 0.717) is 28.0 Å². The summed E-state index contributed by atoms with van der Waals surface area (Å²) in [5.74, 6) is 2.65. The van der Waals surface area contributed by atoms with E-state index in [4.69, 9.17) is 26.4 Å². The molecule has 11 heteroatoms.